The summed E-state index contributed by atoms with van der Waals surface area (Å²) in [4.78, 5) is 23.3. The van der Waals surface area contributed by atoms with Crippen LogP contribution in [0.2, 0.25) is 0 Å². The predicted octanol–water partition coefficient (Wildman–Crippen LogP) is 4.26. The molecule has 3 rings (SSSR count). The molecule has 1 aliphatic heterocycles. The number of carboxylic acids is 1. The van der Waals surface area contributed by atoms with E-state index in [9.17, 15) is 18.0 Å². The van der Waals surface area contributed by atoms with Gasteiger partial charge < -0.3 is 10.8 Å². The van der Waals surface area contributed by atoms with E-state index >= 15 is 0 Å². The summed E-state index contributed by atoms with van der Waals surface area (Å²) in [6.07, 6.45) is -1.01. The number of anilines is 2. The SMILES string of the molecule is NCCSNC(=O)N1c2ccccc2C=Cc2ccccc21.O=C(O)C(F)(F)F. The van der Waals surface area contributed by atoms with Crippen molar-refractivity contribution >= 4 is 47.5 Å². The Morgan fingerprint density at radius 3 is 1.86 bits per heavy atom. The number of aliphatic carboxylic acids is 1. The molecule has 2 amide bonds. The fourth-order valence-corrected chi connectivity index (χ4v) is 2.84. The van der Waals surface area contributed by atoms with Crippen LogP contribution in [0, 0.1) is 0 Å². The molecule has 2 aromatic rings. The molecule has 0 saturated heterocycles. The molecule has 1 heterocycles. The van der Waals surface area contributed by atoms with E-state index in [0.717, 1.165) is 22.5 Å². The number of carbonyl (C=O) groups is 2. The molecule has 0 unspecified atom stereocenters. The molecule has 29 heavy (non-hydrogen) atoms. The molecular formula is C19H18F3N3O3S. The lowest BCUT2D eigenvalue weighted by atomic mass is 10.1. The second-order valence-corrected chi connectivity index (χ2v) is 6.53. The maximum absolute atomic E-state index is 12.7. The fourth-order valence-electron chi connectivity index (χ4n) is 2.41. The molecule has 6 nitrogen and oxygen atoms in total. The van der Waals surface area contributed by atoms with Crippen molar-refractivity contribution in [3.05, 3.63) is 59.7 Å². The smallest absolute Gasteiger partial charge is 0.475 e. The summed E-state index contributed by atoms with van der Waals surface area (Å²) in [5.74, 6) is -2.08. The molecule has 0 saturated carbocycles. The van der Waals surface area contributed by atoms with E-state index < -0.39 is 12.1 Å². The van der Waals surface area contributed by atoms with Gasteiger partial charge in [0.2, 0.25) is 0 Å². The van der Waals surface area contributed by atoms with Crippen molar-refractivity contribution in [2.75, 3.05) is 17.2 Å². The van der Waals surface area contributed by atoms with Crippen LogP contribution >= 0.6 is 11.9 Å². The lowest BCUT2D eigenvalue weighted by Gasteiger charge is -2.24. The van der Waals surface area contributed by atoms with Gasteiger partial charge in [0, 0.05) is 12.3 Å². The Morgan fingerprint density at radius 1 is 1.00 bits per heavy atom. The van der Waals surface area contributed by atoms with Crippen LogP contribution in [-0.2, 0) is 4.79 Å². The first-order valence-electron chi connectivity index (χ1n) is 8.34. The van der Waals surface area contributed by atoms with Crippen molar-refractivity contribution in [3.8, 4) is 0 Å². The number of alkyl halides is 3. The molecule has 0 atom stereocenters. The van der Waals surface area contributed by atoms with Crippen LogP contribution in [-0.4, -0.2) is 35.6 Å². The molecule has 0 aliphatic carbocycles. The number of amides is 2. The lowest BCUT2D eigenvalue weighted by Crippen LogP contribution is -2.34. The van der Waals surface area contributed by atoms with Crippen LogP contribution in [0.4, 0.5) is 29.3 Å². The zero-order chi connectivity index (χ0) is 21.4. The minimum Gasteiger partial charge on any atom is -0.475 e. The predicted molar refractivity (Wildman–Crippen MR) is 108 cm³/mol. The number of nitrogens with zero attached hydrogens (tertiary/aromatic N) is 1. The van der Waals surface area contributed by atoms with E-state index in [2.05, 4.69) is 4.72 Å². The van der Waals surface area contributed by atoms with Crippen molar-refractivity contribution < 1.29 is 27.9 Å². The summed E-state index contributed by atoms with van der Waals surface area (Å²) in [6, 6.07) is 15.6. The van der Waals surface area contributed by atoms with Gasteiger partial charge in [0.15, 0.2) is 0 Å². The molecule has 0 fully saturated rings. The fraction of sp³-hybridized carbons (Fsp3) is 0.158. The average molecular weight is 425 g/mol. The number of rotatable bonds is 3. The largest absolute Gasteiger partial charge is 0.490 e. The number of urea groups is 1. The Balaban J connectivity index is 0.000000370. The van der Waals surface area contributed by atoms with Crippen LogP contribution in [0.25, 0.3) is 12.2 Å². The van der Waals surface area contributed by atoms with Crippen molar-refractivity contribution in [3.63, 3.8) is 0 Å². The van der Waals surface area contributed by atoms with Crippen molar-refractivity contribution in [2.24, 2.45) is 5.73 Å². The van der Waals surface area contributed by atoms with Gasteiger partial charge in [0.25, 0.3) is 0 Å². The summed E-state index contributed by atoms with van der Waals surface area (Å²) in [7, 11) is 0. The summed E-state index contributed by atoms with van der Waals surface area (Å²) < 4.78 is 34.6. The number of benzene rings is 2. The third kappa shape index (κ3) is 6.00. The zero-order valence-electron chi connectivity index (χ0n) is 15.0. The number of nitrogens with two attached hydrogens (primary N) is 1. The molecular weight excluding hydrogens is 407 g/mol. The number of hydrogen-bond donors (Lipinski definition) is 3. The normalized spacial score (nSPS) is 12.1. The molecule has 2 aromatic carbocycles. The van der Waals surface area contributed by atoms with Crippen molar-refractivity contribution in [1.82, 2.24) is 4.72 Å². The summed E-state index contributed by atoms with van der Waals surface area (Å²) in [6.45, 7) is 0.527. The molecule has 0 radical (unpaired) electrons. The lowest BCUT2D eigenvalue weighted by molar-refractivity contribution is -0.192. The van der Waals surface area contributed by atoms with E-state index in [0.29, 0.717) is 12.3 Å². The van der Waals surface area contributed by atoms with E-state index in [1.807, 2.05) is 60.7 Å². The van der Waals surface area contributed by atoms with Crippen LogP contribution in [0.1, 0.15) is 11.1 Å². The second kappa shape index (κ2) is 9.99. The van der Waals surface area contributed by atoms with E-state index in [1.165, 1.54) is 11.9 Å². The summed E-state index contributed by atoms with van der Waals surface area (Å²) in [5.41, 5.74) is 9.24. The molecule has 4 N–H and O–H groups in total. The average Bonchev–Trinajstić information content (AvgIpc) is 2.85. The first-order chi connectivity index (χ1) is 13.8. The van der Waals surface area contributed by atoms with Gasteiger partial charge in [0.1, 0.15) is 0 Å². The van der Waals surface area contributed by atoms with E-state index in [4.69, 9.17) is 15.6 Å². The number of carboxylic acid groups (broad SMARTS) is 1. The monoisotopic (exact) mass is 425 g/mol. The number of halogens is 3. The Morgan fingerprint density at radius 2 is 1.45 bits per heavy atom. The highest BCUT2D eigenvalue weighted by atomic mass is 32.2. The third-order valence-corrected chi connectivity index (χ3v) is 4.38. The van der Waals surface area contributed by atoms with Gasteiger partial charge in [0.05, 0.1) is 11.4 Å². The van der Waals surface area contributed by atoms with Crippen LogP contribution < -0.4 is 15.4 Å². The van der Waals surface area contributed by atoms with Crippen LogP contribution in [0.15, 0.2) is 48.5 Å². The van der Waals surface area contributed by atoms with E-state index in [-0.39, 0.29) is 6.03 Å². The van der Waals surface area contributed by atoms with Gasteiger partial charge in [-0.05, 0) is 35.2 Å². The standard InChI is InChI=1S/C17H17N3OS.C2HF3O2/c18-11-12-22-19-17(21)20-15-7-3-1-5-13(15)9-10-14-6-2-4-8-16(14)20;3-2(4,5)1(6)7/h1-10H,11-12,18H2,(H,19,21);(H,6,7). The molecule has 0 spiro atoms. The Hall–Kier alpha value is -2.98. The maximum Gasteiger partial charge on any atom is 0.490 e. The van der Waals surface area contributed by atoms with Crippen molar-refractivity contribution in [2.45, 2.75) is 6.18 Å². The maximum atomic E-state index is 12.7. The second-order valence-electron chi connectivity index (χ2n) is 5.63. The molecule has 154 valence electrons. The van der Waals surface area contributed by atoms with Gasteiger partial charge in [-0.3, -0.25) is 9.62 Å². The Kier molecular flexibility index (Phi) is 7.68. The van der Waals surface area contributed by atoms with Crippen LogP contribution in [0.5, 0.6) is 0 Å². The summed E-state index contributed by atoms with van der Waals surface area (Å²) >= 11 is 1.32. The minimum absolute atomic E-state index is 0.165. The topological polar surface area (TPSA) is 95.7 Å². The van der Waals surface area contributed by atoms with Crippen LogP contribution in [0.3, 0.4) is 0 Å². The number of fused-ring (bicyclic) bond motifs is 2. The first-order valence-corrected chi connectivity index (χ1v) is 9.32. The highest BCUT2D eigenvalue weighted by Crippen LogP contribution is 2.36. The number of carbonyl (C=O) groups excluding carboxylic acids is 1. The highest BCUT2D eigenvalue weighted by molar-refractivity contribution is 7.97. The van der Waals surface area contributed by atoms with Gasteiger partial charge in [-0.25, -0.2) is 9.59 Å². The number of nitrogens with one attached hydrogen (secondary N) is 1. The molecule has 0 bridgehead atoms. The minimum atomic E-state index is -5.08. The molecule has 1 aliphatic rings. The number of para-hydroxylation sites is 2. The van der Waals surface area contributed by atoms with E-state index in [1.54, 1.807) is 4.90 Å². The third-order valence-electron chi connectivity index (χ3n) is 3.62. The Labute approximate surface area is 169 Å². The summed E-state index contributed by atoms with van der Waals surface area (Å²) in [5, 5.41) is 7.12. The van der Waals surface area contributed by atoms with Gasteiger partial charge >= 0.3 is 18.2 Å². The molecule has 0 aromatic heterocycles. The number of hydrogen-bond acceptors (Lipinski definition) is 4. The van der Waals surface area contributed by atoms with Gasteiger partial charge in [-0.1, -0.05) is 48.6 Å². The quantitative estimate of drug-likeness (QED) is 0.505. The van der Waals surface area contributed by atoms with Gasteiger partial charge in [-0.2, -0.15) is 13.2 Å². The zero-order valence-corrected chi connectivity index (χ0v) is 15.8. The molecule has 10 heteroatoms. The Bertz CT molecular complexity index is 854. The van der Waals surface area contributed by atoms with Gasteiger partial charge in [-0.15, -0.1) is 0 Å². The first kappa shape index (κ1) is 22.3. The highest BCUT2D eigenvalue weighted by Gasteiger charge is 2.38. The van der Waals surface area contributed by atoms with Crippen molar-refractivity contribution in [1.29, 1.82) is 0 Å².